The van der Waals surface area contributed by atoms with E-state index in [9.17, 15) is 53.3 Å². The zero-order valence-electron chi connectivity index (χ0n) is 22.7. The van der Waals surface area contributed by atoms with Gasteiger partial charge in [-0.05, 0) is 0 Å². The van der Waals surface area contributed by atoms with E-state index >= 15 is 0 Å². The molecule has 4 unspecified atom stereocenters. The van der Waals surface area contributed by atoms with Crippen molar-refractivity contribution in [2.45, 2.75) is 49.4 Å². The Morgan fingerprint density at radius 3 is 2.24 bits per heavy atom. The van der Waals surface area contributed by atoms with Crippen molar-refractivity contribution in [3.8, 4) is 0 Å². The lowest BCUT2D eigenvalue weighted by molar-refractivity contribution is -0.0504. The maximum Gasteiger partial charge on any atom is 0.490 e. The molecule has 0 spiro atoms. The van der Waals surface area contributed by atoms with Gasteiger partial charge in [0.2, 0.25) is 0 Å². The van der Waals surface area contributed by atoms with Crippen LogP contribution in [0.1, 0.15) is 18.9 Å². The summed E-state index contributed by atoms with van der Waals surface area (Å²) >= 11 is 5.07. The Morgan fingerprint density at radius 1 is 0.935 bits per heavy atom. The first-order valence-corrected chi connectivity index (χ1v) is 17.6. The number of hydrogen-bond acceptors (Lipinski definition) is 17. The zero-order valence-corrected chi connectivity index (χ0v) is 26.2. The number of aromatic nitrogens is 6. The highest BCUT2D eigenvalue weighted by molar-refractivity contribution is 7.71. The summed E-state index contributed by atoms with van der Waals surface area (Å²) in [5.74, 6) is 0. The number of fused-ring (bicyclic) bond motifs is 1. The molecule has 0 saturated carbocycles. The fraction of sp³-hybridized carbons (Fsp3) is 0.526. The maximum absolute atomic E-state index is 12.4. The summed E-state index contributed by atoms with van der Waals surface area (Å²) < 4.78 is 67.3. The fourth-order valence-corrected chi connectivity index (χ4v) is 8.24. The number of aliphatic hydroxyl groups is 3. The molecular weight excluding hydrogens is 709 g/mol. The number of nitrogens with one attached hydrogen (secondary N) is 2. The number of rotatable bonds is 12. The number of hydrogen-bond donors (Lipinski definition) is 8. The molecule has 2 aliphatic rings. The second-order valence-electron chi connectivity index (χ2n) is 9.71. The van der Waals surface area contributed by atoms with Gasteiger partial charge in [0.25, 0.3) is 5.56 Å². The van der Waals surface area contributed by atoms with Crippen molar-refractivity contribution in [2.24, 2.45) is 0 Å². The fourth-order valence-electron chi connectivity index (χ4n) is 4.51. The van der Waals surface area contributed by atoms with Crippen molar-refractivity contribution < 1.29 is 70.8 Å². The van der Waals surface area contributed by atoms with E-state index in [1.807, 2.05) is 4.98 Å². The molecule has 3 aromatic heterocycles. The van der Waals surface area contributed by atoms with Gasteiger partial charge in [-0.1, -0.05) is 12.2 Å². The molecule has 10 atom stereocenters. The Bertz CT molecular complexity index is 1920. The lowest BCUT2D eigenvalue weighted by Crippen LogP contribution is -2.33. The third kappa shape index (κ3) is 7.85. The normalized spacial score (nSPS) is 30.6. The summed E-state index contributed by atoms with van der Waals surface area (Å²) in [6.07, 6.45) is -6.67. The van der Waals surface area contributed by atoms with Gasteiger partial charge in [0, 0.05) is 18.7 Å². The van der Waals surface area contributed by atoms with E-state index in [1.54, 1.807) is 0 Å². The second kappa shape index (κ2) is 13.3. The first-order chi connectivity index (χ1) is 21.5. The van der Waals surface area contributed by atoms with E-state index in [0.29, 0.717) is 0 Å². The van der Waals surface area contributed by atoms with Gasteiger partial charge in [-0.3, -0.25) is 28.0 Å². The molecule has 0 radical (unpaired) electrons. The van der Waals surface area contributed by atoms with E-state index in [0.717, 1.165) is 16.8 Å². The maximum atomic E-state index is 12.4. The highest BCUT2D eigenvalue weighted by Gasteiger charge is 2.47. The molecule has 2 aliphatic heterocycles. The van der Waals surface area contributed by atoms with Crippen molar-refractivity contribution in [1.29, 1.82) is 0 Å². The van der Waals surface area contributed by atoms with Crippen LogP contribution < -0.4 is 11.2 Å². The van der Waals surface area contributed by atoms with Crippen molar-refractivity contribution in [1.82, 2.24) is 29.1 Å². The third-order valence-electron chi connectivity index (χ3n) is 6.57. The highest BCUT2D eigenvalue weighted by Crippen LogP contribution is 2.67. The number of aromatic amines is 2. The molecule has 8 N–H and O–H groups in total. The van der Waals surface area contributed by atoms with Gasteiger partial charge in [-0.2, -0.15) is 8.62 Å². The molecular formula is C19H25N6O17P3S. The Kier molecular flexibility index (Phi) is 10.1. The summed E-state index contributed by atoms with van der Waals surface area (Å²) in [5.41, 5.74) is -1.04. The van der Waals surface area contributed by atoms with Crippen molar-refractivity contribution in [2.75, 3.05) is 13.2 Å². The minimum Gasteiger partial charge on any atom is -0.390 e. The monoisotopic (exact) mass is 734 g/mol. The van der Waals surface area contributed by atoms with Gasteiger partial charge in [0.15, 0.2) is 10.9 Å². The number of phosphoric acid groups is 3. The van der Waals surface area contributed by atoms with Crippen LogP contribution >= 0.6 is 35.7 Å². The number of imidazole rings is 1. The van der Waals surface area contributed by atoms with Gasteiger partial charge in [-0.25, -0.2) is 28.5 Å². The summed E-state index contributed by atoms with van der Waals surface area (Å²) in [6, 6.07) is 1.01. The zero-order chi connectivity index (χ0) is 33.6. The highest BCUT2D eigenvalue weighted by atomic mass is 32.1. The molecule has 27 heteroatoms. The first-order valence-electron chi connectivity index (χ1n) is 12.7. The van der Waals surface area contributed by atoms with E-state index in [-0.39, 0.29) is 22.2 Å². The Balaban J connectivity index is 1.14. The predicted molar refractivity (Wildman–Crippen MR) is 148 cm³/mol. The van der Waals surface area contributed by atoms with E-state index in [2.05, 4.69) is 32.6 Å². The van der Waals surface area contributed by atoms with Crippen LogP contribution in [0.25, 0.3) is 11.2 Å². The third-order valence-corrected chi connectivity index (χ3v) is 11.1. The molecule has 0 aliphatic carbocycles. The van der Waals surface area contributed by atoms with Gasteiger partial charge in [0.05, 0.1) is 32.0 Å². The molecule has 5 heterocycles. The molecule has 5 rings (SSSR count). The number of H-pyrrole nitrogens is 2. The largest absolute Gasteiger partial charge is 0.490 e. The van der Waals surface area contributed by atoms with Gasteiger partial charge >= 0.3 is 29.2 Å². The summed E-state index contributed by atoms with van der Waals surface area (Å²) in [7, 11) is -17.1. The molecule has 0 aromatic carbocycles. The van der Waals surface area contributed by atoms with Crippen LogP contribution in [-0.2, 0) is 40.8 Å². The van der Waals surface area contributed by atoms with Crippen LogP contribution in [0.3, 0.4) is 0 Å². The first kappa shape index (κ1) is 35.0. The van der Waals surface area contributed by atoms with Crippen molar-refractivity contribution in [3.63, 3.8) is 0 Å². The molecule has 2 saturated heterocycles. The Morgan fingerprint density at radius 2 is 1.59 bits per heavy atom. The topological polar surface area (TPSA) is 329 Å². The minimum absolute atomic E-state index is 0.131. The standard InChI is InChI=1S/C19H25N6O17P3S/c26-8-3-12(24-2-1-11(27)23-19(24)30)39-9(8)4-37-43(31,32)41-45(35,36)42-44(33,34)38-5-10-14(28)15(29)18(40-10)25-7-22-13-16(25)20-6-21-17(13)46/h1-2,6-10,12,14-15,18,26,28-29H,3-5H2,(H,31,32)(H,33,34)(H,35,36)(H,20,21,46)(H,23,27,30)/t8-,9?,10+,12-,14+,15+,18-/m0/s1. The lowest BCUT2D eigenvalue weighted by atomic mass is 10.1. The van der Waals surface area contributed by atoms with Crippen LogP contribution in [0.5, 0.6) is 0 Å². The molecule has 2 fully saturated rings. The van der Waals surface area contributed by atoms with Gasteiger partial charge in [0.1, 0.15) is 41.8 Å². The second-order valence-corrected chi connectivity index (χ2v) is 14.7. The molecule has 23 nitrogen and oxygen atoms in total. The van der Waals surface area contributed by atoms with Crippen LogP contribution in [-0.4, -0.2) is 103 Å². The molecule has 46 heavy (non-hydrogen) atoms. The van der Waals surface area contributed by atoms with Crippen molar-refractivity contribution >= 4 is 46.8 Å². The van der Waals surface area contributed by atoms with E-state index < -0.39 is 90.9 Å². The van der Waals surface area contributed by atoms with Crippen LogP contribution in [0.15, 0.2) is 34.5 Å². The van der Waals surface area contributed by atoms with Crippen LogP contribution in [0, 0.1) is 4.64 Å². The molecule has 0 amide bonds. The smallest absolute Gasteiger partial charge is 0.390 e. The van der Waals surface area contributed by atoms with Crippen LogP contribution in [0.4, 0.5) is 0 Å². The average Bonchev–Trinajstić information content (AvgIpc) is 3.61. The van der Waals surface area contributed by atoms with Crippen LogP contribution in [0.2, 0.25) is 0 Å². The predicted octanol–water partition coefficient (Wildman–Crippen LogP) is -1.33. The Labute approximate surface area is 259 Å². The minimum atomic E-state index is -5.90. The quantitative estimate of drug-likeness (QED) is 0.0789. The van der Waals surface area contributed by atoms with Gasteiger partial charge in [-0.15, -0.1) is 0 Å². The average molecular weight is 734 g/mol. The van der Waals surface area contributed by atoms with E-state index in [4.69, 9.17) is 21.7 Å². The summed E-state index contributed by atoms with van der Waals surface area (Å²) in [4.78, 5) is 65.5. The Hall–Kier alpha value is -2.34. The molecule has 254 valence electrons. The lowest BCUT2D eigenvalue weighted by Gasteiger charge is -2.21. The number of phosphoric ester groups is 2. The van der Waals surface area contributed by atoms with Gasteiger partial charge < -0.3 is 44.5 Å². The van der Waals surface area contributed by atoms with E-state index in [1.165, 1.54) is 17.2 Å². The SMILES string of the molecule is O=c1ccn([C@@H]2C[C@H](O)C(COP(=O)(O)OP(=O)(O)OP(=O)(O)OC[C@H]3O[C@H](n4cnc5c(=S)nc[nH]c54)[C@H](O)[C@@H]3O)O2)c(=O)[nH]1. The molecule has 0 bridgehead atoms. The molecule has 3 aromatic rings. The summed E-state index contributed by atoms with van der Waals surface area (Å²) in [6.45, 7) is -1.94. The number of nitrogens with zero attached hydrogens (tertiary/aromatic N) is 4. The number of aliphatic hydroxyl groups excluding tert-OH is 3. The number of ether oxygens (including phenoxy) is 2. The summed E-state index contributed by atoms with van der Waals surface area (Å²) in [5, 5.41) is 31.1. The van der Waals surface area contributed by atoms with Crippen molar-refractivity contribution in [3.05, 3.63) is 50.4 Å².